The van der Waals surface area contributed by atoms with Crippen molar-refractivity contribution in [1.29, 1.82) is 0 Å². The molecule has 0 bridgehead atoms. The highest BCUT2D eigenvalue weighted by atomic mass is 79.9. The molecular weight excluding hydrogens is 324 g/mol. The van der Waals surface area contributed by atoms with Crippen LogP contribution in [0.4, 0.5) is 5.69 Å². The fourth-order valence-electron chi connectivity index (χ4n) is 1.72. The number of non-ortho nitro benzene ring substituents is 1. The van der Waals surface area contributed by atoms with Gasteiger partial charge in [0.2, 0.25) is 0 Å². The summed E-state index contributed by atoms with van der Waals surface area (Å²) in [5.74, 6) is 0.570. The van der Waals surface area contributed by atoms with Crippen molar-refractivity contribution in [3.8, 4) is 5.75 Å². The summed E-state index contributed by atoms with van der Waals surface area (Å²) in [6.07, 6.45) is 0. The summed E-state index contributed by atoms with van der Waals surface area (Å²) < 4.78 is 6.67. The van der Waals surface area contributed by atoms with Crippen LogP contribution in [-0.2, 0) is 13.2 Å². The van der Waals surface area contributed by atoms with Crippen molar-refractivity contribution < 1.29 is 9.66 Å². The SMILES string of the molecule is NCc1cc([N+](=O)[O-])ccc1OCc1ccc(Br)cc1. The van der Waals surface area contributed by atoms with Crippen LogP contribution >= 0.6 is 15.9 Å². The van der Waals surface area contributed by atoms with E-state index in [0.29, 0.717) is 17.9 Å². The van der Waals surface area contributed by atoms with E-state index in [1.807, 2.05) is 24.3 Å². The summed E-state index contributed by atoms with van der Waals surface area (Å²) >= 11 is 3.36. The molecule has 0 saturated carbocycles. The van der Waals surface area contributed by atoms with Crippen LogP contribution in [0.5, 0.6) is 5.75 Å². The molecule has 0 unspecified atom stereocenters. The summed E-state index contributed by atoms with van der Waals surface area (Å²) in [5, 5.41) is 10.7. The third kappa shape index (κ3) is 3.55. The number of ether oxygens (including phenoxy) is 1. The van der Waals surface area contributed by atoms with Gasteiger partial charge in [0.05, 0.1) is 4.92 Å². The van der Waals surface area contributed by atoms with Gasteiger partial charge in [-0.2, -0.15) is 0 Å². The standard InChI is InChI=1S/C14H13BrN2O3/c15-12-3-1-10(2-4-12)9-20-14-6-5-13(17(18)19)7-11(14)8-16/h1-7H,8-9,16H2. The maximum atomic E-state index is 10.7. The average molecular weight is 337 g/mol. The quantitative estimate of drug-likeness (QED) is 0.670. The third-order valence-corrected chi connectivity index (χ3v) is 3.31. The van der Waals surface area contributed by atoms with Gasteiger partial charge in [-0.3, -0.25) is 10.1 Å². The number of rotatable bonds is 5. The van der Waals surface area contributed by atoms with Gasteiger partial charge in [0.15, 0.2) is 0 Å². The van der Waals surface area contributed by atoms with Gasteiger partial charge in [0.1, 0.15) is 12.4 Å². The Hall–Kier alpha value is -1.92. The highest BCUT2D eigenvalue weighted by Crippen LogP contribution is 2.24. The molecule has 2 aromatic carbocycles. The number of nitrogens with zero attached hydrogens (tertiary/aromatic N) is 1. The summed E-state index contributed by atoms with van der Waals surface area (Å²) in [5.41, 5.74) is 7.25. The van der Waals surface area contributed by atoms with Crippen LogP contribution in [0.3, 0.4) is 0 Å². The molecule has 0 aliphatic carbocycles. The van der Waals surface area contributed by atoms with Crippen LogP contribution < -0.4 is 10.5 Å². The van der Waals surface area contributed by atoms with Crippen LogP contribution in [-0.4, -0.2) is 4.92 Å². The number of nitro benzene ring substituents is 1. The van der Waals surface area contributed by atoms with Gasteiger partial charge >= 0.3 is 0 Å². The number of nitro groups is 1. The summed E-state index contributed by atoms with van der Waals surface area (Å²) in [6.45, 7) is 0.579. The van der Waals surface area contributed by atoms with Crippen molar-refractivity contribution in [3.63, 3.8) is 0 Å². The molecule has 6 heteroatoms. The fourth-order valence-corrected chi connectivity index (χ4v) is 1.99. The maximum absolute atomic E-state index is 10.7. The van der Waals surface area contributed by atoms with Gasteiger partial charge in [0, 0.05) is 28.7 Å². The Morgan fingerprint density at radius 3 is 2.50 bits per heavy atom. The van der Waals surface area contributed by atoms with E-state index in [4.69, 9.17) is 10.5 Å². The number of hydrogen-bond acceptors (Lipinski definition) is 4. The van der Waals surface area contributed by atoms with E-state index in [0.717, 1.165) is 10.0 Å². The minimum Gasteiger partial charge on any atom is -0.489 e. The topological polar surface area (TPSA) is 78.4 Å². The molecule has 0 aromatic heterocycles. The largest absolute Gasteiger partial charge is 0.489 e. The van der Waals surface area contributed by atoms with Crippen molar-refractivity contribution in [1.82, 2.24) is 0 Å². The smallest absolute Gasteiger partial charge is 0.270 e. The molecule has 0 spiro atoms. The van der Waals surface area contributed by atoms with Gasteiger partial charge in [0.25, 0.3) is 5.69 Å². The lowest BCUT2D eigenvalue weighted by Crippen LogP contribution is -2.03. The van der Waals surface area contributed by atoms with E-state index >= 15 is 0 Å². The predicted molar refractivity (Wildman–Crippen MR) is 79.5 cm³/mol. The molecule has 0 atom stereocenters. The molecule has 0 radical (unpaired) electrons. The molecule has 0 aliphatic heterocycles. The van der Waals surface area contributed by atoms with Crippen LogP contribution in [0.25, 0.3) is 0 Å². The second-order valence-electron chi connectivity index (χ2n) is 4.17. The lowest BCUT2D eigenvalue weighted by atomic mass is 10.1. The molecule has 0 amide bonds. The molecule has 2 N–H and O–H groups in total. The van der Waals surface area contributed by atoms with Crippen molar-refractivity contribution in [2.75, 3.05) is 0 Å². The minimum absolute atomic E-state index is 0.0152. The van der Waals surface area contributed by atoms with Crippen molar-refractivity contribution >= 4 is 21.6 Å². The first-order valence-electron chi connectivity index (χ1n) is 5.95. The van der Waals surface area contributed by atoms with Crippen LogP contribution in [0, 0.1) is 10.1 Å². The molecule has 2 rings (SSSR count). The number of benzene rings is 2. The lowest BCUT2D eigenvalue weighted by molar-refractivity contribution is -0.384. The van der Waals surface area contributed by atoms with Crippen molar-refractivity contribution in [3.05, 3.63) is 68.2 Å². The monoisotopic (exact) mass is 336 g/mol. The second kappa shape index (κ2) is 6.49. The molecule has 20 heavy (non-hydrogen) atoms. The van der Waals surface area contributed by atoms with Gasteiger partial charge in [-0.1, -0.05) is 28.1 Å². The summed E-state index contributed by atoms with van der Waals surface area (Å²) in [6, 6.07) is 12.2. The zero-order chi connectivity index (χ0) is 14.5. The zero-order valence-corrected chi connectivity index (χ0v) is 12.2. The van der Waals surface area contributed by atoms with Gasteiger partial charge in [-0.25, -0.2) is 0 Å². The Balaban J connectivity index is 2.12. The van der Waals surface area contributed by atoms with E-state index in [-0.39, 0.29) is 12.2 Å². The van der Waals surface area contributed by atoms with Gasteiger partial charge < -0.3 is 10.5 Å². The van der Waals surface area contributed by atoms with Gasteiger partial charge in [-0.15, -0.1) is 0 Å². The number of halogens is 1. The summed E-state index contributed by atoms with van der Waals surface area (Å²) in [7, 11) is 0. The van der Waals surface area contributed by atoms with Crippen LogP contribution in [0.2, 0.25) is 0 Å². The molecule has 0 aliphatic rings. The highest BCUT2D eigenvalue weighted by Gasteiger charge is 2.10. The first-order chi connectivity index (χ1) is 9.60. The minimum atomic E-state index is -0.447. The lowest BCUT2D eigenvalue weighted by Gasteiger charge is -2.10. The average Bonchev–Trinajstić information content (AvgIpc) is 2.46. The molecule has 0 saturated heterocycles. The van der Waals surface area contributed by atoms with Crippen LogP contribution in [0.15, 0.2) is 46.9 Å². The van der Waals surface area contributed by atoms with E-state index in [9.17, 15) is 10.1 Å². The number of hydrogen-bond donors (Lipinski definition) is 1. The van der Waals surface area contributed by atoms with Crippen molar-refractivity contribution in [2.45, 2.75) is 13.2 Å². The third-order valence-electron chi connectivity index (χ3n) is 2.78. The Kier molecular flexibility index (Phi) is 4.70. The summed E-state index contributed by atoms with van der Waals surface area (Å²) in [4.78, 5) is 10.3. The molecule has 5 nitrogen and oxygen atoms in total. The molecule has 0 heterocycles. The van der Waals surface area contributed by atoms with Crippen LogP contribution in [0.1, 0.15) is 11.1 Å². The normalized spacial score (nSPS) is 10.3. The highest BCUT2D eigenvalue weighted by molar-refractivity contribution is 9.10. The van der Waals surface area contributed by atoms with E-state index in [2.05, 4.69) is 15.9 Å². The van der Waals surface area contributed by atoms with E-state index in [1.54, 1.807) is 6.07 Å². The first kappa shape index (κ1) is 14.5. The predicted octanol–water partition coefficient (Wildman–Crippen LogP) is 3.40. The first-order valence-corrected chi connectivity index (χ1v) is 6.74. The fraction of sp³-hybridized carbons (Fsp3) is 0.143. The Morgan fingerprint density at radius 1 is 1.20 bits per heavy atom. The Morgan fingerprint density at radius 2 is 1.90 bits per heavy atom. The Bertz CT molecular complexity index is 614. The molecule has 2 aromatic rings. The number of nitrogens with two attached hydrogens (primary N) is 1. The van der Waals surface area contributed by atoms with Gasteiger partial charge in [-0.05, 0) is 23.8 Å². The Labute approximate surface area is 124 Å². The van der Waals surface area contributed by atoms with Crippen molar-refractivity contribution in [2.24, 2.45) is 5.73 Å². The second-order valence-corrected chi connectivity index (χ2v) is 5.08. The molecular formula is C14H13BrN2O3. The maximum Gasteiger partial charge on any atom is 0.270 e. The molecule has 104 valence electrons. The van der Waals surface area contributed by atoms with E-state index < -0.39 is 4.92 Å². The zero-order valence-electron chi connectivity index (χ0n) is 10.6. The molecule has 0 fully saturated rings. The van der Waals surface area contributed by atoms with E-state index in [1.165, 1.54) is 12.1 Å².